The van der Waals surface area contributed by atoms with Gasteiger partial charge in [-0.2, -0.15) is 0 Å². The Morgan fingerprint density at radius 3 is 1.23 bits per heavy atom. The maximum atomic E-state index is 2.79. The summed E-state index contributed by atoms with van der Waals surface area (Å²) in [7, 11) is 0. The highest BCUT2D eigenvalue weighted by atomic mass is 14.2. The van der Waals surface area contributed by atoms with Crippen LogP contribution in [0.1, 0.15) is 124 Å². The van der Waals surface area contributed by atoms with Crippen LogP contribution in [-0.2, 0) is 0 Å². The van der Waals surface area contributed by atoms with Gasteiger partial charge in [0.05, 0.1) is 0 Å². The van der Waals surface area contributed by atoms with Crippen molar-refractivity contribution in [1.82, 2.24) is 0 Å². The van der Waals surface area contributed by atoms with Gasteiger partial charge in [-0.3, -0.25) is 0 Å². The van der Waals surface area contributed by atoms with Crippen LogP contribution in [-0.4, -0.2) is 0 Å². The highest BCUT2D eigenvalue weighted by Gasteiger charge is 2.16. The topological polar surface area (TPSA) is 0 Å². The maximum absolute atomic E-state index is 2.79. The molecule has 0 N–H and O–H groups in total. The molecule has 0 saturated heterocycles. The van der Waals surface area contributed by atoms with Crippen molar-refractivity contribution >= 4 is 0 Å². The second kappa shape index (κ2) is 17.4. The van der Waals surface area contributed by atoms with E-state index >= 15 is 0 Å². The first-order valence-electron chi connectivity index (χ1n) is 10.6. The Hall–Kier alpha value is 0. The zero-order chi connectivity index (χ0) is 16.5. The average molecular weight is 310 g/mol. The van der Waals surface area contributed by atoms with Crippen molar-refractivity contribution in [2.45, 2.75) is 124 Å². The quantitative estimate of drug-likeness (QED) is 0.237. The molecule has 0 aromatic rings. The van der Waals surface area contributed by atoms with E-state index in [0.29, 0.717) is 0 Å². The Balaban J connectivity index is 4.16. The van der Waals surface area contributed by atoms with Crippen molar-refractivity contribution in [3.63, 3.8) is 0 Å². The molecule has 0 amide bonds. The molecule has 0 rings (SSSR count). The molecule has 0 saturated carbocycles. The Bertz CT molecular complexity index is 188. The standard InChI is InChI=1S/C22H45/c1-5-9-13-14-15-19-22(18-12-8-4)20-21(16-10-6-2)17-11-7-3/h20-22H,5-19H2,1-4H3. The average Bonchev–Trinajstić information content (AvgIpc) is 2.54. The smallest absolute Gasteiger partial charge is 0.0324 e. The molecule has 0 bridgehead atoms. The van der Waals surface area contributed by atoms with Crippen molar-refractivity contribution < 1.29 is 0 Å². The number of hydrogen-bond donors (Lipinski definition) is 0. The first-order valence-corrected chi connectivity index (χ1v) is 10.6. The van der Waals surface area contributed by atoms with E-state index in [1.54, 1.807) is 0 Å². The molecule has 1 atom stereocenters. The van der Waals surface area contributed by atoms with Gasteiger partial charge in [0, 0.05) is 0 Å². The predicted octanol–water partition coefficient (Wildman–Crippen LogP) is 8.35. The molecule has 0 heteroatoms. The minimum atomic E-state index is 0.900. The molecule has 0 fully saturated rings. The van der Waals surface area contributed by atoms with Crippen LogP contribution < -0.4 is 0 Å². The molecule has 0 spiro atoms. The minimum absolute atomic E-state index is 0.900. The summed E-state index contributed by atoms with van der Waals surface area (Å²) in [6.07, 6.45) is 24.1. The van der Waals surface area contributed by atoms with E-state index in [2.05, 4.69) is 34.1 Å². The van der Waals surface area contributed by atoms with Crippen LogP contribution in [0.25, 0.3) is 0 Å². The summed E-state index contributed by atoms with van der Waals surface area (Å²) in [6.45, 7) is 9.31. The summed E-state index contributed by atoms with van der Waals surface area (Å²) in [6, 6.07) is 0. The van der Waals surface area contributed by atoms with E-state index in [4.69, 9.17) is 0 Å². The first-order chi connectivity index (χ1) is 10.8. The van der Waals surface area contributed by atoms with Crippen LogP contribution in [0, 0.1) is 18.3 Å². The van der Waals surface area contributed by atoms with Gasteiger partial charge in [0.25, 0.3) is 0 Å². The van der Waals surface area contributed by atoms with Crippen molar-refractivity contribution in [1.29, 1.82) is 0 Å². The van der Waals surface area contributed by atoms with E-state index in [1.165, 1.54) is 96.3 Å². The van der Waals surface area contributed by atoms with Crippen molar-refractivity contribution in [2.24, 2.45) is 11.8 Å². The molecule has 0 aliphatic carbocycles. The lowest BCUT2D eigenvalue weighted by molar-refractivity contribution is 0.374. The van der Waals surface area contributed by atoms with Crippen molar-refractivity contribution in [3.05, 3.63) is 6.42 Å². The summed E-state index contributed by atoms with van der Waals surface area (Å²) >= 11 is 0. The Morgan fingerprint density at radius 1 is 0.455 bits per heavy atom. The molecule has 0 nitrogen and oxygen atoms in total. The van der Waals surface area contributed by atoms with Gasteiger partial charge < -0.3 is 0 Å². The fourth-order valence-corrected chi connectivity index (χ4v) is 3.47. The lowest BCUT2D eigenvalue weighted by Crippen LogP contribution is -2.11. The van der Waals surface area contributed by atoms with E-state index in [-0.39, 0.29) is 0 Å². The molecule has 22 heavy (non-hydrogen) atoms. The molecule has 0 aromatic heterocycles. The zero-order valence-electron chi connectivity index (χ0n) is 16.3. The molecule has 0 aromatic carbocycles. The van der Waals surface area contributed by atoms with Crippen molar-refractivity contribution in [3.8, 4) is 0 Å². The van der Waals surface area contributed by atoms with E-state index in [0.717, 1.165) is 11.8 Å². The summed E-state index contributed by atoms with van der Waals surface area (Å²) in [5.41, 5.74) is 0. The monoisotopic (exact) mass is 309 g/mol. The first kappa shape index (κ1) is 22.0. The van der Waals surface area contributed by atoms with Gasteiger partial charge in [-0.1, -0.05) is 124 Å². The van der Waals surface area contributed by atoms with Crippen LogP contribution in [0.3, 0.4) is 0 Å². The van der Waals surface area contributed by atoms with Gasteiger partial charge in [-0.15, -0.1) is 0 Å². The SMILES string of the molecule is CCCCCCCC([CH]C(CCCC)CCCC)CCCC. The molecular weight excluding hydrogens is 264 g/mol. The van der Waals surface area contributed by atoms with Crippen LogP contribution in [0.15, 0.2) is 0 Å². The fraction of sp³-hybridized carbons (Fsp3) is 0.955. The van der Waals surface area contributed by atoms with E-state index in [9.17, 15) is 0 Å². The second-order valence-corrected chi connectivity index (χ2v) is 7.34. The number of unbranched alkanes of at least 4 members (excludes halogenated alkanes) is 7. The highest BCUT2D eigenvalue weighted by Crippen LogP contribution is 2.29. The third kappa shape index (κ3) is 13.6. The fourth-order valence-electron chi connectivity index (χ4n) is 3.47. The molecule has 1 radical (unpaired) electrons. The highest BCUT2D eigenvalue weighted by molar-refractivity contribution is 4.84. The minimum Gasteiger partial charge on any atom is -0.0654 e. The van der Waals surface area contributed by atoms with Gasteiger partial charge in [-0.25, -0.2) is 0 Å². The Morgan fingerprint density at radius 2 is 0.818 bits per heavy atom. The van der Waals surface area contributed by atoms with Crippen LogP contribution in [0.5, 0.6) is 0 Å². The molecule has 133 valence electrons. The maximum Gasteiger partial charge on any atom is -0.0324 e. The molecule has 1 unspecified atom stereocenters. The van der Waals surface area contributed by atoms with Gasteiger partial charge in [0.15, 0.2) is 0 Å². The molecule has 0 aliphatic rings. The molecular formula is C22H45. The summed E-state index contributed by atoms with van der Waals surface area (Å²) in [5.74, 6) is 1.80. The van der Waals surface area contributed by atoms with Gasteiger partial charge in [0.1, 0.15) is 0 Å². The number of rotatable bonds is 17. The molecule has 0 heterocycles. The van der Waals surface area contributed by atoms with E-state index < -0.39 is 0 Å². The normalized spacial score (nSPS) is 13.0. The Kier molecular flexibility index (Phi) is 17.4. The lowest BCUT2D eigenvalue weighted by atomic mass is 9.82. The predicted molar refractivity (Wildman–Crippen MR) is 103 cm³/mol. The van der Waals surface area contributed by atoms with Crippen LogP contribution >= 0.6 is 0 Å². The summed E-state index contributed by atoms with van der Waals surface area (Å²) in [5, 5.41) is 0. The largest absolute Gasteiger partial charge is 0.0654 e. The second-order valence-electron chi connectivity index (χ2n) is 7.34. The van der Waals surface area contributed by atoms with Gasteiger partial charge in [-0.05, 0) is 18.3 Å². The van der Waals surface area contributed by atoms with Crippen molar-refractivity contribution in [2.75, 3.05) is 0 Å². The van der Waals surface area contributed by atoms with Gasteiger partial charge in [0.2, 0.25) is 0 Å². The summed E-state index contributed by atoms with van der Waals surface area (Å²) < 4.78 is 0. The zero-order valence-corrected chi connectivity index (χ0v) is 16.3. The third-order valence-electron chi connectivity index (χ3n) is 5.01. The number of hydrogen-bond acceptors (Lipinski definition) is 0. The van der Waals surface area contributed by atoms with Crippen LogP contribution in [0.4, 0.5) is 0 Å². The third-order valence-corrected chi connectivity index (χ3v) is 5.01. The lowest BCUT2D eigenvalue weighted by Gasteiger charge is -2.23. The summed E-state index contributed by atoms with van der Waals surface area (Å²) in [4.78, 5) is 0. The Labute approximate surface area is 142 Å². The van der Waals surface area contributed by atoms with Crippen LogP contribution in [0.2, 0.25) is 0 Å². The molecule has 0 aliphatic heterocycles. The van der Waals surface area contributed by atoms with E-state index in [1.807, 2.05) is 0 Å². The van der Waals surface area contributed by atoms with Gasteiger partial charge >= 0.3 is 0 Å².